The standard InChI is InChI=1S/C20H20BrN3O/c1-23(18-8-4-6-14-5-2-3-7-17(14)18)13-16-11-20(25)24-12-15(21)9-10-19(24)22-16/h2-3,5,7,9-12,18H,4,6,8,13H2,1H3/p+1/t18-/m0/s1. The number of quaternary nitrogens is 1. The number of hydrogen-bond donors (Lipinski definition) is 1. The smallest absolute Gasteiger partial charge is 0.258 e. The molecule has 0 aliphatic heterocycles. The average Bonchev–Trinajstić information content (AvgIpc) is 2.62. The van der Waals surface area contributed by atoms with Crippen molar-refractivity contribution in [3.8, 4) is 0 Å². The van der Waals surface area contributed by atoms with Gasteiger partial charge >= 0.3 is 0 Å². The topological polar surface area (TPSA) is 38.8 Å². The molecule has 25 heavy (non-hydrogen) atoms. The number of aromatic nitrogens is 2. The van der Waals surface area contributed by atoms with Crippen molar-refractivity contribution in [3.05, 3.63) is 80.3 Å². The van der Waals surface area contributed by atoms with Crippen LogP contribution in [0.15, 0.2) is 57.9 Å². The van der Waals surface area contributed by atoms with E-state index in [0.717, 1.165) is 16.7 Å². The number of nitrogens with zero attached hydrogens (tertiary/aromatic N) is 2. The summed E-state index contributed by atoms with van der Waals surface area (Å²) in [6.45, 7) is 0.751. The molecule has 128 valence electrons. The number of halogens is 1. The summed E-state index contributed by atoms with van der Waals surface area (Å²) in [6.07, 6.45) is 5.34. The normalized spacial score (nSPS) is 18.1. The summed E-state index contributed by atoms with van der Waals surface area (Å²) in [5.41, 5.74) is 4.44. The molecule has 1 unspecified atom stereocenters. The van der Waals surface area contributed by atoms with Crippen LogP contribution in [0, 0.1) is 0 Å². The molecular formula is C20H21BrN3O+. The number of nitrogens with one attached hydrogen (secondary N) is 1. The Morgan fingerprint density at radius 2 is 2.12 bits per heavy atom. The van der Waals surface area contributed by atoms with Crippen LogP contribution in [-0.2, 0) is 13.0 Å². The highest BCUT2D eigenvalue weighted by Crippen LogP contribution is 2.27. The van der Waals surface area contributed by atoms with E-state index in [2.05, 4.69) is 52.2 Å². The van der Waals surface area contributed by atoms with Crippen LogP contribution in [0.2, 0.25) is 0 Å². The summed E-state index contributed by atoms with van der Waals surface area (Å²) < 4.78 is 2.46. The van der Waals surface area contributed by atoms with E-state index in [9.17, 15) is 4.79 Å². The number of aryl methyl sites for hydroxylation is 1. The molecule has 0 spiro atoms. The van der Waals surface area contributed by atoms with Crippen LogP contribution in [0.5, 0.6) is 0 Å². The highest BCUT2D eigenvalue weighted by molar-refractivity contribution is 9.10. The predicted octanol–water partition coefficient (Wildman–Crippen LogP) is 2.55. The first-order chi connectivity index (χ1) is 12.1. The Morgan fingerprint density at radius 3 is 3.00 bits per heavy atom. The lowest BCUT2D eigenvalue weighted by molar-refractivity contribution is -0.927. The second kappa shape index (κ2) is 6.73. The summed E-state index contributed by atoms with van der Waals surface area (Å²) in [7, 11) is 2.21. The maximum Gasteiger partial charge on any atom is 0.258 e. The highest BCUT2D eigenvalue weighted by atomic mass is 79.9. The fraction of sp³-hybridized carbons (Fsp3) is 0.300. The summed E-state index contributed by atoms with van der Waals surface area (Å²) >= 11 is 3.40. The first-order valence-electron chi connectivity index (χ1n) is 8.70. The molecule has 1 N–H and O–H groups in total. The Labute approximate surface area is 155 Å². The Morgan fingerprint density at radius 1 is 1.28 bits per heavy atom. The zero-order chi connectivity index (χ0) is 17.4. The van der Waals surface area contributed by atoms with Gasteiger partial charge in [-0.1, -0.05) is 24.3 Å². The Hall–Kier alpha value is -1.98. The summed E-state index contributed by atoms with van der Waals surface area (Å²) in [6, 6.07) is 14.7. The minimum Gasteiger partial charge on any atom is -0.326 e. The first kappa shape index (κ1) is 16.5. The molecule has 0 radical (unpaired) electrons. The molecule has 0 bridgehead atoms. The van der Waals surface area contributed by atoms with Crippen LogP contribution in [0.4, 0.5) is 0 Å². The summed E-state index contributed by atoms with van der Waals surface area (Å²) in [5.74, 6) is 0. The van der Waals surface area contributed by atoms with Crippen LogP contribution in [0.3, 0.4) is 0 Å². The van der Waals surface area contributed by atoms with Gasteiger partial charge in [0.25, 0.3) is 5.56 Å². The fourth-order valence-corrected chi connectivity index (χ4v) is 4.23. The largest absolute Gasteiger partial charge is 0.326 e. The molecule has 1 aromatic carbocycles. The minimum atomic E-state index is -0.0295. The Bertz CT molecular complexity index is 982. The molecule has 2 atom stereocenters. The van der Waals surface area contributed by atoms with Gasteiger partial charge in [-0.2, -0.15) is 0 Å². The maximum absolute atomic E-state index is 12.4. The van der Waals surface area contributed by atoms with Gasteiger partial charge in [-0.25, -0.2) is 4.98 Å². The van der Waals surface area contributed by atoms with Gasteiger partial charge in [0.05, 0.1) is 7.05 Å². The van der Waals surface area contributed by atoms with Crippen molar-refractivity contribution in [2.45, 2.75) is 31.8 Å². The molecule has 1 aliphatic rings. The fourth-order valence-electron chi connectivity index (χ4n) is 3.89. The highest BCUT2D eigenvalue weighted by Gasteiger charge is 2.27. The van der Waals surface area contributed by atoms with Crippen molar-refractivity contribution in [3.63, 3.8) is 0 Å². The van der Waals surface area contributed by atoms with Gasteiger partial charge in [0.15, 0.2) is 0 Å². The van der Waals surface area contributed by atoms with E-state index in [1.54, 1.807) is 16.7 Å². The second-order valence-corrected chi connectivity index (χ2v) is 7.74. The molecule has 0 amide bonds. The van der Waals surface area contributed by atoms with Gasteiger partial charge in [-0.3, -0.25) is 9.20 Å². The minimum absolute atomic E-state index is 0.0295. The quantitative estimate of drug-likeness (QED) is 0.736. The molecule has 5 heteroatoms. The number of hydrogen-bond acceptors (Lipinski definition) is 2. The molecule has 2 aromatic heterocycles. The number of rotatable bonds is 3. The lowest BCUT2D eigenvalue weighted by Gasteiger charge is -2.30. The molecule has 0 saturated heterocycles. The van der Waals surface area contributed by atoms with Crippen molar-refractivity contribution in [1.82, 2.24) is 9.38 Å². The van der Waals surface area contributed by atoms with E-state index in [0.29, 0.717) is 11.7 Å². The van der Waals surface area contributed by atoms with Gasteiger partial charge < -0.3 is 4.90 Å². The molecular weight excluding hydrogens is 378 g/mol. The third-order valence-electron chi connectivity index (χ3n) is 5.10. The second-order valence-electron chi connectivity index (χ2n) is 6.83. The van der Waals surface area contributed by atoms with E-state index < -0.39 is 0 Å². The monoisotopic (exact) mass is 398 g/mol. The molecule has 3 aromatic rings. The average molecular weight is 399 g/mol. The van der Waals surface area contributed by atoms with Crippen molar-refractivity contribution in [2.75, 3.05) is 7.05 Å². The zero-order valence-corrected chi connectivity index (χ0v) is 15.8. The van der Waals surface area contributed by atoms with Crippen LogP contribution in [0.1, 0.15) is 35.7 Å². The number of fused-ring (bicyclic) bond motifs is 2. The molecule has 0 saturated carbocycles. The first-order valence-corrected chi connectivity index (χ1v) is 9.49. The van der Waals surface area contributed by atoms with Crippen molar-refractivity contribution < 1.29 is 4.90 Å². The van der Waals surface area contributed by atoms with Gasteiger partial charge in [0.2, 0.25) is 0 Å². The Kier molecular flexibility index (Phi) is 4.44. The van der Waals surface area contributed by atoms with E-state index >= 15 is 0 Å². The summed E-state index contributed by atoms with van der Waals surface area (Å²) in [5, 5.41) is 0. The number of pyridine rings is 1. The van der Waals surface area contributed by atoms with E-state index in [1.807, 2.05) is 12.1 Å². The van der Waals surface area contributed by atoms with Gasteiger partial charge in [0.1, 0.15) is 23.9 Å². The van der Waals surface area contributed by atoms with Crippen LogP contribution < -0.4 is 10.5 Å². The summed E-state index contributed by atoms with van der Waals surface area (Å²) in [4.78, 5) is 18.5. The SMILES string of the molecule is C[NH+](Cc1cc(=O)n2cc(Br)ccc2n1)[C@H]1CCCc2ccccc21. The zero-order valence-electron chi connectivity index (χ0n) is 14.2. The molecule has 2 heterocycles. The van der Waals surface area contributed by atoms with E-state index in [4.69, 9.17) is 0 Å². The van der Waals surface area contributed by atoms with Crippen LogP contribution in [-0.4, -0.2) is 16.4 Å². The van der Waals surface area contributed by atoms with Gasteiger partial charge in [0, 0.05) is 28.7 Å². The third-order valence-corrected chi connectivity index (χ3v) is 5.57. The lowest BCUT2D eigenvalue weighted by Crippen LogP contribution is -3.08. The van der Waals surface area contributed by atoms with E-state index in [-0.39, 0.29) is 5.56 Å². The molecule has 4 rings (SSSR count). The van der Waals surface area contributed by atoms with Crippen molar-refractivity contribution in [1.29, 1.82) is 0 Å². The third kappa shape index (κ3) is 3.26. The van der Waals surface area contributed by atoms with Crippen LogP contribution in [0.25, 0.3) is 5.65 Å². The van der Waals surface area contributed by atoms with Crippen molar-refractivity contribution >= 4 is 21.6 Å². The van der Waals surface area contributed by atoms with Gasteiger partial charge in [-0.05, 0) is 46.5 Å². The molecule has 1 aliphatic carbocycles. The molecule has 0 fully saturated rings. The maximum atomic E-state index is 12.4. The molecule has 4 nitrogen and oxygen atoms in total. The van der Waals surface area contributed by atoms with Crippen molar-refractivity contribution in [2.24, 2.45) is 0 Å². The van der Waals surface area contributed by atoms with E-state index in [1.165, 1.54) is 35.3 Å². The Balaban J connectivity index is 1.63. The van der Waals surface area contributed by atoms with Gasteiger partial charge in [-0.15, -0.1) is 0 Å². The van der Waals surface area contributed by atoms with Crippen LogP contribution >= 0.6 is 15.9 Å². The number of benzene rings is 1. The lowest BCUT2D eigenvalue weighted by atomic mass is 9.87. The predicted molar refractivity (Wildman–Crippen MR) is 102 cm³/mol.